The van der Waals surface area contributed by atoms with Crippen LogP contribution in [0, 0.1) is 18.6 Å². The van der Waals surface area contributed by atoms with Crippen LogP contribution in [0.25, 0.3) is 10.9 Å². The van der Waals surface area contributed by atoms with Crippen molar-refractivity contribution in [1.29, 1.82) is 0 Å². The number of halogens is 2. The number of fused-ring (bicyclic) bond motifs is 1. The first kappa shape index (κ1) is 19.2. The van der Waals surface area contributed by atoms with Crippen LogP contribution in [0.5, 0.6) is 0 Å². The van der Waals surface area contributed by atoms with Gasteiger partial charge in [0.1, 0.15) is 4.90 Å². The molecular weight excluding hydrogens is 372 g/mol. The summed E-state index contributed by atoms with van der Waals surface area (Å²) in [5, 5.41) is -0.154. The van der Waals surface area contributed by atoms with E-state index in [4.69, 9.17) is 0 Å². The van der Waals surface area contributed by atoms with Crippen molar-refractivity contribution in [3.8, 4) is 0 Å². The van der Waals surface area contributed by atoms with Gasteiger partial charge in [0.2, 0.25) is 15.3 Å². The van der Waals surface area contributed by atoms with E-state index in [-0.39, 0.29) is 15.8 Å². The minimum Gasteiger partial charge on any atom is -0.346 e. The van der Waals surface area contributed by atoms with Gasteiger partial charge in [0.25, 0.3) is 0 Å². The smallest absolute Gasteiger partial charge is 0.211 e. The van der Waals surface area contributed by atoms with Crippen molar-refractivity contribution in [1.82, 2.24) is 4.57 Å². The first-order chi connectivity index (χ1) is 12.8. The lowest BCUT2D eigenvalue weighted by Crippen LogP contribution is -2.20. The summed E-state index contributed by atoms with van der Waals surface area (Å²) < 4.78 is 55.1. The zero-order valence-corrected chi connectivity index (χ0v) is 15.8. The van der Waals surface area contributed by atoms with Crippen LogP contribution in [-0.4, -0.2) is 13.0 Å². The molecule has 0 aliphatic heterocycles. The Morgan fingerprint density at radius 1 is 1.07 bits per heavy atom. The zero-order valence-electron chi connectivity index (χ0n) is 15.0. The van der Waals surface area contributed by atoms with E-state index in [1.54, 1.807) is 19.1 Å². The average molecular weight is 391 g/mol. The Bertz CT molecular complexity index is 1180. The first-order valence-corrected chi connectivity index (χ1v) is 10.1. The second kappa shape index (κ2) is 7.23. The number of unbranched alkanes of at least 4 members (excludes halogenated alkanes) is 1. The van der Waals surface area contributed by atoms with Crippen LogP contribution < -0.4 is 5.43 Å². The van der Waals surface area contributed by atoms with Crippen molar-refractivity contribution >= 4 is 20.7 Å². The van der Waals surface area contributed by atoms with E-state index in [0.29, 0.717) is 13.0 Å². The summed E-state index contributed by atoms with van der Waals surface area (Å²) in [7, 11) is -4.10. The number of hydrogen-bond donors (Lipinski definition) is 0. The first-order valence-electron chi connectivity index (χ1n) is 8.59. The molecule has 0 amide bonds. The fourth-order valence-corrected chi connectivity index (χ4v) is 4.45. The molecule has 0 aliphatic rings. The normalized spacial score (nSPS) is 11.9. The summed E-state index contributed by atoms with van der Waals surface area (Å²) in [4.78, 5) is 12.4. The lowest BCUT2D eigenvalue weighted by atomic mass is 10.2. The van der Waals surface area contributed by atoms with Gasteiger partial charge in [0.15, 0.2) is 11.6 Å². The molecule has 27 heavy (non-hydrogen) atoms. The maximum absolute atomic E-state index is 13.7. The summed E-state index contributed by atoms with van der Waals surface area (Å²) in [5.41, 5.74) is 0.0741. The fourth-order valence-electron chi connectivity index (χ4n) is 2.97. The third-order valence-corrected chi connectivity index (χ3v) is 6.18. The van der Waals surface area contributed by atoms with Gasteiger partial charge in [-0.15, -0.1) is 0 Å². The Kier molecular flexibility index (Phi) is 5.15. The van der Waals surface area contributed by atoms with E-state index in [1.165, 1.54) is 22.9 Å². The highest BCUT2D eigenvalue weighted by molar-refractivity contribution is 7.91. The topological polar surface area (TPSA) is 56.1 Å². The number of nitrogens with zero attached hydrogens (tertiary/aromatic N) is 1. The number of benzene rings is 2. The van der Waals surface area contributed by atoms with Crippen LogP contribution >= 0.6 is 0 Å². The van der Waals surface area contributed by atoms with Gasteiger partial charge in [-0.25, -0.2) is 17.2 Å². The van der Waals surface area contributed by atoms with Gasteiger partial charge >= 0.3 is 0 Å². The van der Waals surface area contributed by atoms with Crippen LogP contribution in [0.1, 0.15) is 25.3 Å². The molecule has 1 heterocycles. The van der Waals surface area contributed by atoms with Crippen LogP contribution in [0.2, 0.25) is 0 Å². The summed E-state index contributed by atoms with van der Waals surface area (Å²) in [6.45, 7) is 4.08. The number of hydrogen-bond acceptors (Lipinski definition) is 3. The summed E-state index contributed by atoms with van der Waals surface area (Å²) in [6.07, 6.45) is 2.74. The number of rotatable bonds is 5. The molecule has 3 rings (SSSR count). The highest BCUT2D eigenvalue weighted by Gasteiger charge is 2.24. The van der Waals surface area contributed by atoms with Gasteiger partial charge in [-0.1, -0.05) is 25.5 Å². The molecule has 3 aromatic rings. The molecule has 7 heteroatoms. The third-order valence-electron chi connectivity index (χ3n) is 4.43. The Hall–Kier alpha value is -2.54. The van der Waals surface area contributed by atoms with Gasteiger partial charge in [-0.05, 0) is 37.1 Å². The predicted octanol–water partition coefficient (Wildman–Crippen LogP) is 4.22. The van der Waals surface area contributed by atoms with Crippen molar-refractivity contribution in [2.75, 3.05) is 0 Å². The van der Waals surface area contributed by atoms with Crippen molar-refractivity contribution < 1.29 is 17.2 Å². The number of aromatic nitrogens is 1. The second-order valence-electron chi connectivity index (χ2n) is 6.47. The summed E-state index contributed by atoms with van der Waals surface area (Å²) in [5.74, 6) is -2.27. The van der Waals surface area contributed by atoms with Gasteiger partial charge < -0.3 is 4.57 Å². The third kappa shape index (κ3) is 3.51. The molecule has 142 valence electrons. The van der Waals surface area contributed by atoms with E-state index >= 15 is 0 Å². The minimum absolute atomic E-state index is 0.0106. The van der Waals surface area contributed by atoms with Crippen molar-refractivity contribution in [2.45, 2.75) is 43.0 Å². The number of sulfone groups is 1. The van der Waals surface area contributed by atoms with E-state index in [2.05, 4.69) is 0 Å². The maximum atomic E-state index is 13.7. The van der Waals surface area contributed by atoms with Gasteiger partial charge in [0.05, 0.1) is 15.8 Å². The summed E-state index contributed by atoms with van der Waals surface area (Å²) in [6, 6.07) is 7.93. The van der Waals surface area contributed by atoms with Crippen molar-refractivity contribution in [3.63, 3.8) is 0 Å². The van der Waals surface area contributed by atoms with Gasteiger partial charge in [-0.3, -0.25) is 4.79 Å². The largest absolute Gasteiger partial charge is 0.346 e. The molecule has 0 saturated heterocycles. The minimum atomic E-state index is -4.10. The lowest BCUT2D eigenvalue weighted by molar-refractivity contribution is 0.509. The van der Waals surface area contributed by atoms with E-state index < -0.39 is 31.8 Å². The van der Waals surface area contributed by atoms with Crippen molar-refractivity contribution in [2.24, 2.45) is 0 Å². The van der Waals surface area contributed by atoms with Crippen LogP contribution in [0.3, 0.4) is 0 Å². The molecule has 0 N–H and O–H groups in total. The molecular formula is C20H19F2NO3S. The highest BCUT2D eigenvalue weighted by atomic mass is 32.2. The number of aryl methyl sites for hydroxylation is 2. The molecule has 2 aromatic carbocycles. The van der Waals surface area contributed by atoms with E-state index in [0.717, 1.165) is 24.1 Å². The lowest BCUT2D eigenvalue weighted by Gasteiger charge is -2.14. The Balaban J connectivity index is 2.35. The molecule has 0 unspecified atom stereocenters. The standard InChI is InChI=1S/C20H19F2NO3S/c1-3-4-8-23-12-19(27(25,26)14-7-5-6-13(2)9-14)20(24)15-10-16(21)17(22)11-18(15)23/h5-7,9-12H,3-4,8H2,1-2H3. The quantitative estimate of drug-likeness (QED) is 0.654. The van der Waals surface area contributed by atoms with Gasteiger partial charge in [0, 0.05) is 18.8 Å². The molecule has 0 saturated carbocycles. The molecule has 0 atom stereocenters. The fraction of sp³-hybridized carbons (Fsp3) is 0.250. The highest BCUT2D eigenvalue weighted by Crippen LogP contribution is 2.23. The number of pyridine rings is 1. The Labute approximate surface area is 156 Å². The summed E-state index contributed by atoms with van der Waals surface area (Å²) >= 11 is 0. The molecule has 0 aliphatic carbocycles. The Morgan fingerprint density at radius 3 is 2.44 bits per heavy atom. The van der Waals surface area contributed by atoms with Crippen LogP contribution in [0.4, 0.5) is 8.78 Å². The zero-order chi connectivity index (χ0) is 19.8. The van der Waals surface area contributed by atoms with E-state index in [9.17, 15) is 22.0 Å². The molecule has 0 fully saturated rings. The van der Waals surface area contributed by atoms with Crippen LogP contribution in [-0.2, 0) is 16.4 Å². The van der Waals surface area contributed by atoms with E-state index in [1.807, 2.05) is 6.92 Å². The second-order valence-corrected chi connectivity index (χ2v) is 8.39. The van der Waals surface area contributed by atoms with Crippen molar-refractivity contribution in [3.05, 3.63) is 70.0 Å². The SMILES string of the molecule is CCCCn1cc(S(=O)(=O)c2cccc(C)c2)c(=O)c2cc(F)c(F)cc21. The van der Waals surface area contributed by atoms with Crippen LogP contribution in [0.15, 0.2) is 57.2 Å². The Morgan fingerprint density at radius 2 is 1.78 bits per heavy atom. The predicted molar refractivity (Wildman–Crippen MR) is 99.7 cm³/mol. The van der Waals surface area contributed by atoms with Gasteiger partial charge in [-0.2, -0.15) is 0 Å². The molecule has 0 radical (unpaired) electrons. The molecule has 0 spiro atoms. The average Bonchev–Trinajstić information content (AvgIpc) is 2.62. The molecule has 1 aromatic heterocycles. The monoisotopic (exact) mass is 391 g/mol. The molecule has 0 bridgehead atoms. The maximum Gasteiger partial charge on any atom is 0.211 e. The molecule has 4 nitrogen and oxygen atoms in total.